The molecule has 0 aromatic carbocycles. The number of aromatic nitrogens is 1. The lowest BCUT2D eigenvalue weighted by atomic mass is 10.0. The van der Waals surface area contributed by atoms with E-state index in [4.69, 9.17) is 5.73 Å². The molecule has 0 unspecified atom stereocenters. The average molecular weight is 318 g/mol. The zero-order chi connectivity index (χ0) is 16.3. The van der Waals surface area contributed by atoms with Gasteiger partial charge in [0, 0.05) is 23.5 Å². The SMILES string of the molecule is CCCc1c(-c2ccsc2)c(C(N)=O)c(C)n1CCC(C)C. The Kier molecular flexibility index (Phi) is 5.46. The second-order valence-electron chi connectivity index (χ2n) is 6.24. The molecule has 0 aliphatic rings. The first-order valence-electron chi connectivity index (χ1n) is 8.01. The molecule has 3 nitrogen and oxygen atoms in total. The topological polar surface area (TPSA) is 48.0 Å². The number of hydrogen-bond donors (Lipinski definition) is 1. The molecule has 0 spiro atoms. The van der Waals surface area contributed by atoms with E-state index in [1.807, 2.05) is 6.92 Å². The van der Waals surface area contributed by atoms with E-state index in [9.17, 15) is 4.79 Å². The first kappa shape index (κ1) is 16.8. The Morgan fingerprint density at radius 1 is 1.41 bits per heavy atom. The van der Waals surface area contributed by atoms with Crippen LogP contribution in [0.1, 0.15) is 55.4 Å². The van der Waals surface area contributed by atoms with E-state index < -0.39 is 0 Å². The van der Waals surface area contributed by atoms with Crippen molar-refractivity contribution in [2.75, 3.05) is 0 Å². The van der Waals surface area contributed by atoms with Gasteiger partial charge < -0.3 is 10.3 Å². The Morgan fingerprint density at radius 2 is 2.14 bits per heavy atom. The molecule has 0 aliphatic heterocycles. The maximum atomic E-state index is 12.1. The van der Waals surface area contributed by atoms with Crippen LogP contribution >= 0.6 is 11.3 Å². The molecule has 0 saturated carbocycles. The summed E-state index contributed by atoms with van der Waals surface area (Å²) >= 11 is 1.65. The predicted octanol–water partition coefficient (Wildman–Crippen LogP) is 4.62. The molecule has 2 N–H and O–H groups in total. The fourth-order valence-electron chi connectivity index (χ4n) is 3.00. The van der Waals surface area contributed by atoms with Crippen LogP contribution in [0.3, 0.4) is 0 Å². The summed E-state index contributed by atoms with van der Waals surface area (Å²) in [5.74, 6) is 0.317. The molecular weight excluding hydrogens is 292 g/mol. The molecule has 0 fully saturated rings. The number of carbonyl (C=O) groups excluding carboxylic acids is 1. The summed E-state index contributed by atoms with van der Waals surface area (Å²) in [7, 11) is 0. The quantitative estimate of drug-likeness (QED) is 0.795. The van der Waals surface area contributed by atoms with Crippen LogP contribution in [0.4, 0.5) is 0 Å². The van der Waals surface area contributed by atoms with E-state index in [0.717, 1.165) is 42.6 Å². The molecule has 1 amide bonds. The first-order chi connectivity index (χ1) is 10.5. The van der Waals surface area contributed by atoms with Crippen molar-refractivity contribution in [1.29, 1.82) is 0 Å². The van der Waals surface area contributed by atoms with E-state index in [0.29, 0.717) is 11.5 Å². The van der Waals surface area contributed by atoms with Gasteiger partial charge in [-0.1, -0.05) is 27.2 Å². The van der Waals surface area contributed by atoms with Crippen molar-refractivity contribution in [2.24, 2.45) is 11.7 Å². The molecule has 120 valence electrons. The number of nitrogens with zero attached hydrogens (tertiary/aromatic N) is 1. The molecule has 0 radical (unpaired) electrons. The van der Waals surface area contributed by atoms with Gasteiger partial charge in [-0.3, -0.25) is 4.79 Å². The Hall–Kier alpha value is -1.55. The number of hydrogen-bond acceptors (Lipinski definition) is 2. The van der Waals surface area contributed by atoms with Gasteiger partial charge in [0.15, 0.2) is 0 Å². The number of thiophene rings is 1. The lowest BCUT2D eigenvalue weighted by Crippen LogP contribution is -2.13. The van der Waals surface area contributed by atoms with Crippen LogP contribution in [-0.4, -0.2) is 10.5 Å². The molecule has 2 aromatic heterocycles. The van der Waals surface area contributed by atoms with Crippen LogP contribution in [0.2, 0.25) is 0 Å². The van der Waals surface area contributed by atoms with Crippen molar-refractivity contribution in [2.45, 2.75) is 53.5 Å². The number of primary amides is 1. The van der Waals surface area contributed by atoms with Gasteiger partial charge in [0.2, 0.25) is 0 Å². The highest BCUT2D eigenvalue weighted by atomic mass is 32.1. The number of amides is 1. The molecule has 2 heterocycles. The minimum Gasteiger partial charge on any atom is -0.366 e. The third-order valence-corrected chi connectivity index (χ3v) is 4.79. The van der Waals surface area contributed by atoms with Crippen molar-refractivity contribution in [3.8, 4) is 11.1 Å². The zero-order valence-corrected chi connectivity index (χ0v) is 14.8. The lowest BCUT2D eigenvalue weighted by Gasteiger charge is -2.13. The van der Waals surface area contributed by atoms with E-state index in [1.165, 1.54) is 5.69 Å². The Labute approximate surface area is 137 Å². The van der Waals surface area contributed by atoms with Crippen molar-refractivity contribution >= 4 is 17.2 Å². The molecule has 4 heteroatoms. The standard InChI is InChI=1S/C18H26N2OS/c1-5-6-15-17(14-8-10-22-11-14)16(18(19)21)13(4)20(15)9-7-12(2)3/h8,10-12H,5-7,9H2,1-4H3,(H2,19,21). The molecule has 0 aliphatic carbocycles. The van der Waals surface area contributed by atoms with Crippen LogP contribution in [0.15, 0.2) is 16.8 Å². The normalized spacial score (nSPS) is 11.3. The molecular formula is C18H26N2OS. The smallest absolute Gasteiger partial charge is 0.251 e. The Balaban J connectivity index is 2.63. The maximum absolute atomic E-state index is 12.1. The Morgan fingerprint density at radius 3 is 2.64 bits per heavy atom. The van der Waals surface area contributed by atoms with E-state index >= 15 is 0 Å². The van der Waals surface area contributed by atoms with Gasteiger partial charge in [0.1, 0.15) is 0 Å². The Bertz CT molecular complexity index is 639. The van der Waals surface area contributed by atoms with Crippen molar-refractivity contribution < 1.29 is 4.79 Å². The van der Waals surface area contributed by atoms with E-state index in [1.54, 1.807) is 11.3 Å². The summed E-state index contributed by atoms with van der Waals surface area (Å²) in [6.45, 7) is 9.61. The minimum absolute atomic E-state index is 0.320. The van der Waals surface area contributed by atoms with Gasteiger partial charge in [-0.15, -0.1) is 0 Å². The highest BCUT2D eigenvalue weighted by molar-refractivity contribution is 7.08. The summed E-state index contributed by atoms with van der Waals surface area (Å²) in [5.41, 5.74) is 10.8. The fraction of sp³-hybridized carbons (Fsp3) is 0.500. The highest BCUT2D eigenvalue weighted by Gasteiger charge is 2.24. The average Bonchev–Trinajstić information content (AvgIpc) is 3.04. The van der Waals surface area contributed by atoms with Crippen LogP contribution in [0, 0.1) is 12.8 Å². The van der Waals surface area contributed by atoms with Gasteiger partial charge in [-0.2, -0.15) is 11.3 Å². The van der Waals surface area contributed by atoms with Gasteiger partial charge >= 0.3 is 0 Å². The molecule has 2 aromatic rings. The number of rotatable bonds is 7. The predicted molar refractivity (Wildman–Crippen MR) is 94.4 cm³/mol. The fourth-order valence-corrected chi connectivity index (χ4v) is 3.65. The van der Waals surface area contributed by atoms with Crippen LogP contribution in [0.25, 0.3) is 11.1 Å². The van der Waals surface area contributed by atoms with Crippen LogP contribution in [-0.2, 0) is 13.0 Å². The molecule has 2 rings (SSSR count). The van der Waals surface area contributed by atoms with Crippen molar-refractivity contribution in [3.05, 3.63) is 33.8 Å². The highest BCUT2D eigenvalue weighted by Crippen LogP contribution is 2.35. The summed E-state index contributed by atoms with van der Waals surface area (Å²) in [6.07, 6.45) is 3.13. The largest absolute Gasteiger partial charge is 0.366 e. The third-order valence-electron chi connectivity index (χ3n) is 4.10. The maximum Gasteiger partial charge on any atom is 0.251 e. The molecule has 0 bridgehead atoms. The summed E-state index contributed by atoms with van der Waals surface area (Å²) in [4.78, 5) is 12.1. The van der Waals surface area contributed by atoms with Crippen LogP contribution in [0.5, 0.6) is 0 Å². The molecule has 0 saturated heterocycles. The minimum atomic E-state index is -0.320. The lowest BCUT2D eigenvalue weighted by molar-refractivity contribution is 0.1000. The first-order valence-corrected chi connectivity index (χ1v) is 8.95. The zero-order valence-electron chi connectivity index (χ0n) is 14.0. The second-order valence-corrected chi connectivity index (χ2v) is 7.02. The van der Waals surface area contributed by atoms with Crippen molar-refractivity contribution in [3.63, 3.8) is 0 Å². The summed E-state index contributed by atoms with van der Waals surface area (Å²) in [6, 6.07) is 2.08. The van der Waals surface area contributed by atoms with E-state index in [-0.39, 0.29) is 5.91 Å². The van der Waals surface area contributed by atoms with Gasteiger partial charge in [-0.25, -0.2) is 0 Å². The summed E-state index contributed by atoms with van der Waals surface area (Å²) < 4.78 is 2.32. The monoisotopic (exact) mass is 318 g/mol. The van der Waals surface area contributed by atoms with Gasteiger partial charge in [0.05, 0.1) is 5.56 Å². The molecule has 0 atom stereocenters. The summed E-state index contributed by atoms with van der Waals surface area (Å²) in [5, 5.41) is 4.16. The van der Waals surface area contributed by atoms with Gasteiger partial charge in [-0.05, 0) is 48.1 Å². The second kappa shape index (κ2) is 7.14. The van der Waals surface area contributed by atoms with Crippen molar-refractivity contribution in [1.82, 2.24) is 4.57 Å². The third kappa shape index (κ3) is 3.27. The number of carbonyl (C=O) groups is 1. The van der Waals surface area contributed by atoms with Crippen LogP contribution < -0.4 is 5.73 Å². The number of nitrogens with two attached hydrogens (primary N) is 1. The molecule has 22 heavy (non-hydrogen) atoms. The van der Waals surface area contributed by atoms with Gasteiger partial charge in [0.25, 0.3) is 5.91 Å². The van der Waals surface area contributed by atoms with E-state index in [2.05, 4.69) is 42.2 Å².